The first-order chi connectivity index (χ1) is 20.1. The van der Waals surface area contributed by atoms with Gasteiger partial charge in [-0.05, 0) is 48.9 Å². The molecule has 1 amide bonds. The van der Waals surface area contributed by atoms with Crippen molar-refractivity contribution in [2.24, 2.45) is 5.73 Å². The SMILES string of the molecule is CC[C@@]1(O)C(=O)OCc2c1cc1n(c2=O)Cc2c-1nc1cc(F)c(C)c3c1c2[C@@H](NC(O)COCNC(=O)CN)CC3. The third kappa shape index (κ3) is 4.31. The number of hydrogen-bond donors (Lipinski definition) is 5. The van der Waals surface area contributed by atoms with Crippen molar-refractivity contribution in [2.45, 2.75) is 64.1 Å². The highest BCUT2D eigenvalue weighted by Crippen LogP contribution is 2.46. The van der Waals surface area contributed by atoms with Crippen LogP contribution in [-0.4, -0.2) is 57.8 Å². The van der Waals surface area contributed by atoms with Crippen LogP contribution >= 0.6 is 0 Å². The molecule has 1 aliphatic carbocycles. The molecule has 12 nitrogen and oxygen atoms in total. The van der Waals surface area contributed by atoms with Crippen molar-refractivity contribution in [3.05, 3.63) is 61.7 Å². The summed E-state index contributed by atoms with van der Waals surface area (Å²) in [5, 5.41) is 28.4. The van der Waals surface area contributed by atoms with Gasteiger partial charge >= 0.3 is 5.97 Å². The molecular weight excluding hydrogens is 549 g/mol. The summed E-state index contributed by atoms with van der Waals surface area (Å²) in [5.41, 5.74) is 7.47. The Morgan fingerprint density at radius 2 is 2.12 bits per heavy atom. The maximum Gasteiger partial charge on any atom is 0.343 e. The van der Waals surface area contributed by atoms with E-state index in [9.17, 15) is 24.6 Å². The standard InChI is InChI=1S/C29H32FN5O7/c1-3-29(40)17-6-21-26-15(9-35(21)27(38)16(17)10-42-28(29)39)25-19(33-23(37)11-41-12-32-22(36)8-31)5-4-14-13(2)18(30)7-20(34-26)24(14)25/h6-7,19,23,33,37,40H,3-5,8-12,31H2,1-2H3,(H,32,36)/t19-,23?,29-/m0/s1. The number of pyridine rings is 2. The first-order valence-electron chi connectivity index (χ1n) is 13.9. The van der Waals surface area contributed by atoms with Crippen LogP contribution < -0.4 is 21.9 Å². The molecule has 42 heavy (non-hydrogen) atoms. The van der Waals surface area contributed by atoms with Gasteiger partial charge in [0.1, 0.15) is 25.4 Å². The first-order valence-corrected chi connectivity index (χ1v) is 13.9. The summed E-state index contributed by atoms with van der Waals surface area (Å²) in [6.07, 6.45) is -0.0204. The van der Waals surface area contributed by atoms with E-state index in [-0.39, 0.29) is 62.3 Å². The Labute approximate surface area is 239 Å². The van der Waals surface area contributed by atoms with Crippen LogP contribution in [0, 0.1) is 12.7 Å². The number of carbonyl (C=O) groups excluding carboxylic acids is 2. The molecule has 4 heterocycles. The minimum absolute atomic E-state index is 0.0146. The Hall–Kier alpha value is -3.75. The maximum absolute atomic E-state index is 15.1. The van der Waals surface area contributed by atoms with Gasteiger partial charge in [0.05, 0.1) is 42.2 Å². The Bertz CT molecular complexity index is 1710. The summed E-state index contributed by atoms with van der Waals surface area (Å²) in [6, 6.07) is 2.60. The number of benzene rings is 1. The lowest BCUT2D eigenvalue weighted by atomic mass is 9.81. The zero-order valence-corrected chi connectivity index (χ0v) is 23.3. The molecule has 2 aliphatic heterocycles. The van der Waals surface area contributed by atoms with E-state index in [0.717, 1.165) is 22.1 Å². The topological polar surface area (TPSA) is 178 Å². The van der Waals surface area contributed by atoms with E-state index < -0.39 is 29.4 Å². The lowest BCUT2D eigenvalue weighted by Gasteiger charge is -2.31. The molecular formula is C29H32FN5O7. The number of ether oxygens (including phenoxy) is 2. The normalized spacial score (nSPS) is 21.0. The summed E-state index contributed by atoms with van der Waals surface area (Å²) in [6.45, 7) is 2.87. The molecule has 0 fully saturated rings. The molecule has 3 aliphatic rings. The van der Waals surface area contributed by atoms with Crippen LogP contribution in [0.4, 0.5) is 4.39 Å². The summed E-state index contributed by atoms with van der Waals surface area (Å²) in [5.74, 6) is -1.59. The predicted octanol–water partition coefficient (Wildman–Crippen LogP) is 0.471. The van der Waals surface area contributed by atoms with Gasteiger partial charge in [-0.3, -0.25) is 14.9 Å². The summed E-state index contributed by atoms with van der Waals surface area (Å²) in [4.78, 5) is 42.4. The minimum Gasteiger partial charge on any atom is -0.458 e. The predicted molar refractivity (Wildman–Crippen MR) is 147 cm³/mol. The highest BCUT2D eigenvalue weighted by molar-refractivity contribution is 5.93. The first kappa shape index (κ1) is 28.4. The van der Waals surface area contributed by atoms with Crippen molar-refractivity contribution in [3.63, 3.8) is 0 Å². The zero-order chi connectivity index (χ0) is 29.9. The van der Waals surface area contributed by atoms with Gasteiger partial charge in [-0.2, -0.15) is 0 Å². The molecule has 2 aromatic heterocycles. The van der Waals surface area contributed by atoms with Gasteiger partial charge in [-0.25, -0.2) is 14.2 Å². The van der Waals surface area contributed by atoms with Gasteiger partial charge in [0.15, 0.2) is 5.60 Å². The van der Waals surface area contributed by atoms with Crippen LogP contribution in [0.1, 0.15) is 59.2 Å². The Morgan fingerprint density at radius 3 is 2.86 bits per heavy atom. The number of nitrogens with two attached hydrogens (primary N) is 1. The van der Waals surface area contributed by atoms with Crippen molar-refractivity contribution in [3.8, 4) is 11.4 Å². The van der Waals surface area contributed by atoms with Crippen molar-refractivity contribution in [1.29, 1.82) is 0 Å². The smallest absolute Gasteiger partial charge is 0.343 e. The molecule has 1 aromatic carbocycles. The fourth-order valence-electron chi connectivity index (χ4n) is 6.38. The number of aryl methyl sites for hydroxylation is 1. The molecule has 13 heteroatoms. The van der Waals surface area contributed by atoms with Gasteiger partial charge in [-0.1, -0.05) is 6.92 Å². The Morgan fingerprint density at radius 1 is 1.33 bits per heavy atom. The second kappa shape index (κ2) is 10.5. The highest BCUT2D eigenvalue weighted by atomic mass is 19.1. The Balaban J connectivity index is 1.45. The fraction of sp³-hybridized carbons (Fsp3) is 0.448. The van der Waals surface area contributed by atoms with E-state index in [4.69, 9.17) is 20.2 Å². The molecule has 3 atom stereocenters. The van der Waals surface area contributed by atoms with Crippen molar-refractivity contribution in [1.82, 2.24) is 20.2 Å². The number of halogens is 1. The van der Waals surface area contributed by atoms with Gasteiger partial charge in [0.25, 0.3) is 5.56 Å². The van der Waals surface area contributed by atoms with Gasteiger partial charge in [0, 0.05) is 28.6 Å². The third-order valence-corrected chi connectivity index (χ3v) is 8.60. The second-order valence-electron chi connectivity index (χ2n) is 10.9. The fourth-order valence-corrected chi connectivity index (χ4v) is 6.38. The van der Waals surface area contributed by atoms with E-state index in [1.807, 2.05) is 0 Å². The molecule has 1 unspecified atom stereocenters. The van der Waals surface area contributed by atoms with Crippen molar-refractivity contribution >= 4 is 22.8 Å². The largest absolute Gasteiger partial charge is 0.458 e. The van der Waals surface area contributed by atoms with Crippen molar-refractivity contribution < 1.29 is 33.7 Å². The van der Waals surface area contributed by atoms with Gasteiger partial charge in [-0.15, -0.1) is 0 Å². The lowest BCUT2D eigenvalue weighted by molar-refractivity contribution is -0.172. The molecule has 6 rings (SSSR count). The number of carbonyl (C=O) groups is 2. The van der Waals surface area contributed by atoms with Crippen LogP contribution in [0.15, 0.2) is 16.9 Å². The van der Waals surface area contributed by atoms with Crippen molar-refractivity contribution in [2.75, 3.05) is 19.9 Å². The number of aliphatic hydroxyl groups excluding tert-OH is 1. The van der Waals surface area contributed by atoms with E-state index in [1.165, 1.54) is 10.6 Å². The molecule has 0 spiro atoms. The molecule has 0 bridgehead atoms. The van der Waals surface area contributed by atoms with Crippen LogP contribution in [0.5, 0.6) is 0 Å². The van der Waals surface area contributed by atoms with Crippen LogP contribution in [0.3, 0.4) is 0 Å². The highest BCUT2D eigenvalue weighted by Gasteiger charge is 2.46. The number of fused-ring (bicyclic) bond motifs is 5. The molecule has 0 saturated carbocycles. The van der Waals surface area contributed by atoms with Crippen LogP contribution in [0.2, 0.25) is 0 Å². The second-order valence-corrected chi connectivity index (χ2v) is 10.9. The monoisotopic (exact) mass is 581 g/mol. The number of aromatic nitrogens is 2. The lowest BCUT2D eigenvalue weighted by Crippen LogP contribution is -2.44. The number of cyclic esters (lactones) is 1. The number of esters is 1. The average Bonchev–Trinajstić information content (AvgIpc) is 3.35. The minimum atomic E-state index is -1.97. The number of nitrogens with one attached hydrogen (secondary N) is 2. The number of aliphatic hydroxyl groups is 2. The summed E-state index contributed by atoms with van der Waals surface area (Å²) >= 11 is 0. The van der Waals surface area contributed by atoms with E-state index in [1.54, 1.807) is 19.9 Å². The number of hydrogen-bond acceptors (Lipinski definition) is 10. The zero-order valence-electron chi connectivity index (χ0n) is 23.3. The molecule has 6 N–H and O–H groups in total. The number of rotatable bonds is 8. The van der Waals surface area contributed by atoms with Crippen LogP contribution in [-0.2, 0) is 44.2 Å². The van der Waals surface area contributed by atoms with Gasteiger partial charge < -0.3 is 35.3 Å². The van der Waals surface area contributed by atoms with Gasteiger partial charge in [0.2, 0.25) is 5.91 Å². The summed E-state index contributed by atoms with van der Waals surface area (Å²) < 4.78 is 27.1. The van der Waals surface area contributed by atoms with E-state index >= 15 is 4.39 Å². The third-order valence-electron chi connectivity index (χ3n) is 8.60. The molecule has 222 valence electrons. The van der Waals surface area contributed by atoms with E-state index in [0.29, 0.717) is 35.3 Å². The maximum atomic E-state index is 15.1. The number of amides is 1. The number of nitrogens with zero attached hydrogens (tertiary/aromatic N) is 2. The summed E-state index contributed by atoms with van der Waals surface area (Å²) in [7, 11) is 0. The Kier molecular flexibility index (Phi) is 7.10. The molecule has 3 aromatic rings. The average molecular weight is 582 g/mol. The molecule has 0 saturated heterocycles. The molecule has 0 radical (unpaired) electrons. The van der Waals surface area contributed by atoms with E-state index in [2.05, 4.69) is 10.6 Å². The van der Waals surface area contributed by atoms with Crippen LogP contribution in [0.25, 0.3) is 22.3 Å². The quantitative estimate of drug-likeness (QED) is 0.112.